The average Bonchev–Trinajstić information content (AvgIpc) is 2.32. The Morgan fingerprint density at radius 1 is 1.45 bits per heavy atom. The Morgan fingerprint density at radius 2 is 2.15 bits per heavy atom. The molecule has 1 aliphatic rings. The molecule has 2 rings (SSSR count). The molecule has 1 aliphatic heterocycles. The first-order chi connectivity index (χ1) is 9.20. The highest BCUT2D eigenvalue weighted by atomic mass is 35.5. The summed E-state index contributed by atoms with van der Waals surface area (Å²) < 4.78 is 0. The summed E-state index contributed by atoms with van der Waals surface area (Å²) in [5, 5.41) is 4.45. The van der Waals surface area contributed by atoms with Crippen molar-refractivity contribution in [3.8, 4) is 0 Å². The predicted molar refractivity (Wildman–Crippen MR) is 85.0 cm³/mol. The number of nitrogens with zero attached hydrogens (tertiary/aromatic N) is 2. The normalized spacial score (nSPS) is 23.8. The lowest BCUT2D eigenvalue weighted by Gasteiger charge is -2.49. The number of aromatic nitrogens is 1. The summed E-state index contributed by atoms with van der Waals surface area (Å²) in [6, 6.07) is 2.52. The van der Waals surface area contributed by atoms with E-state index in [-0.39, 0.29) is 11.0 Å². The van der Waals surface area contributed by atoms with Gasteiger partial charge in [0.15, 0.2) is 0 Å². The van der Waals surface area contributed by atoms with Gasteiger partial charge in [-0.3, -0.25) is 9.88 Å². The molecule has 1 N–H and O–H groups in total. The molecule has 0 aromatic carbocycles. The number of nitrogens with one attached hydrogen (secondary N) is 1. The summed E-state index contributed by atoms with van der Waals surface area (Å²) in [5.41, 5.74) is 1.55. The Labute approximate surface area is 127 Å². The Balaban J connectivity index is 2.17. The van der Waals surface area contributed by atoms with E-state index in [2.05, 4.69) is 49.8 Å². The first-order valence-electron chi connectivity index (χ1n) is 7.27. The number of halogens is 1. The second-order valence-electron chi connectivity index (χ2n) is 7.46. The minimum Gasteiger partial charge on any atom is -0.310 e. The van der Waals surface area contributed by atoms with Crippen LogP contribution in [-0.4, -0.2) is 34.6 Å². The van der Waals surface area contributed by atoms with Crippen LogP contribution in [0.5, 0.6) is 0 Å². The Kier molecular flexibility index (Phi) is 4.43. The van der Waals surface area contributed by atoms with Crippen molar-refractivity contribution in [3.05, 3.63) is 29.0 Å². The van der Waals surface area contributed by atoms with Crippen LogP contribution in [-0.2, 0) is 6.54 Å². The lowest BCUT2D eigenvalue weighted by molar-refractivity contribution is 0.0295. The van der Waals surface area contributed by atoms with Crippen LogP contribution in [0.3, 0.4) is 0 Å². The van der Waals surface area contributed by atoms with E-state index in [1.165, 1.54) is 0 Å². The molecule has 2 heterocycles. The van der Waals surface area contributed by atoms with E-state index in [0.29, 0.717) is 6.04 Å². The van der Waals surface area contributed by atoms with Crippen molar-refractivity contribution in [1.82, 2.24) is 15.2 Å². The third kappa shape index (κ3) is 3.51. The van der Waals surface area contributed by atoms with Crippen LogP contribution in [0.25, 0.3) is 0 Å². The molecule has 1 fully saturated rings. The van der Waals surface area contributed by atoms with Gasteiger partial charge in [-0.15, -0.1) is 0 Å². The van der Waals surface area contributed by atoms with Crippen LogP contribution < -0.4 is 5.32 Å². The predicted octanol–water partition coefficient (Wildman–Crippen LogP) is 3.33. The summed E-state index contributed by atoms with van der Waals surface area (Å²) >= 11 is 6.26. The molecule has 1 saturated heterocycles. The fraction of sp³-hybridized carbons (Fsp3) is 0.688. The van der Waals surface area contributed by atoms with Crippen molar-refractivity contribution in [2.24, 2.45) is 5.41 Å². The van der Waals surface area contributed by atoms with Crippen LogP contribution >= 0.6 is 11.6 Å². The smallest absolute Gasteiger partial charge is 0.0634 e. The Bertz CT molecular complexity index is 465. The zero-order chi connectivity index (χ0) is 15.0. The quantitative estimate of drug-likeness (QED) is 0.907. The highest BCUT2D eigenvalue weighted by Gasteiger charge is 2.38. The van der Waals surface area contributed by atoms with Gasteiger partial charge in [0.1, 0.15) is 0 Å². The van der Waals surface area contributed by atoms with Crippen LogP contribution in [0.15, 0.2) is 18.5 Å². The van der Waals surface area contributed by atoms with Gasteiger partial charge < -0.3 is 5.32 Å². The average molecular weight is 296 g/mol. The molecular weight excluding hydrogens is 270 g/mol. The first-order valence-corrected chi connectivity index (χ1v) is 7.65. The number of hydrogen-bond acceptors (Lipinski definition) is 3. The van der Waals surface area contributed by atoms with Crippen LogP contribution in [0.1, 0.15) is 40.2 Å². The van der Waals surface area contributed by atoms with Gasteiger partial charge in [-0.1, -0.05) is 32.4 Å². The molecule has 1 atom stereocenters. The third-order valence-electron chi connectivity index (χ3n) is 4.30. The molecule has 112 valence electrons. The first kappa shape index (κ1) is 15.7. The molecule has 1 aromatic heterocycles. The molecule has 1 unspecified atom stereocenters. The minimum absolute atomic E-state index is 0.133. The largest absolute Gasteiger partial charge is 0.310 e. The standard InChI is InChI=1S/C16H26ClN3/c1-15(2,3)14-10-20(16(4,5)11-19-14)9-12-6-7-18-8-13(12)17/h6-8,14,19H,9-11H2,1-5H3. The van der Waals surface area contributed by atoms with Gasteiger partial charge in [-0.2, -0.15) is 0 Å². The molecule has 0 spiro atoms. The van der Waals surface area contributed by atoms with E-state index >= 15 is 0 Å². The van der Waals surface area contributed by atoms with E-state index < -0.39 is 0 Å². The summed E-state index contributed by atoms with van der Waals surface area (Å²) in [5.74, 6) is 0. The molecule has 20 heavy (non-hydrogen) atoms. The number of pyridine rings is 1. The van der Waals surface area contributed by atoms with E-state index in [1.807, 2.05) is 12.3 Å². The highest BCUT2D eigenvalue weighted by Crippen LogP contribution is 2.29. The second-order valence-corrected chi connectivity index (χ2v) is 7.87. The maximum absolute atomic E-state index is 6.26. The molecule has 1 aromatic rings. The monoisotopic (exact) mass is 295 g/mol. The van der Waals surface area contributed by atoms with E-state index in [1.54, 1.807) is 6.20 Å². The summed E-state index contributed by atoms with van der Waals surface area (Å²) in [6.45, 7) is 14.4. The van der Waals surface area contributed by atoms with Crippen molar-refractivity contribution < 1.29 is 0 Å². The van der Waals surface area contributed by atoms with Crippen molar-refractivity contribution >= 4 is 11.6 Å². The SMILES string of the molecule is CC(C)(C)C1CN(Cc2ccncc2Cl)C(C)(C)CN1. The van der Waals surface area contributed by atoms with Gasteiger partial charge in [0.05, 0.1) is 5.02 Å². The lowest BCUT2D eigenvalue weighted by atomic mass is 9.82. The van der Waals surface area contributed by atoms with Gasteiger partial charge in [0.2, 0.25) is 0 Å². The zero-order valence-electron chi connectivity index (χ0n) is 13.2. The van der Waals surface area contributed by atoms with Crippen molar-refractivity contribution in [2.75, 3.05) is 13.1 Å². The maximum Gasteiger partial charge on any atom is 0.0634 e. The maximum atomic E-state index is 6.26. The van der Waals surface area contributed by atoms with Crippen LogP contribution in [0, 0.1) is 5.41 Å². The molecule has 4 heteroatoms. The number of rotatable bonds is 2. The molecule has 3 nitrogen and oxygen atoms in total. The molecule has 0 saturated carbocycles. The van der Waals surface area contributed by atoms with Crippen molar-refractivity contribution in [1.29, 1.82) is 0 Å². The van der Waals surface area contributed by atoms with Crippen LogP contribution in [0.4, 0.5) is 0 Å². The van der Waals surface area contributed by atoms with Gasteiger partial charge in [0, 0.05) is 43.6 Å². The van der Waals surface area contributed by atoms with Crippen molar-refractivity contribution in [3.63, 3.8) is 0 Å². The highest BCUT2D eigenvalue weighted by molar-refractivity contribution is 6.31. The number of piperazine rings is 1. The van der Waals surface area contributed by atoms with E-state index in [4.69, 9.17) is 11.6 Å². The molecule has 0 aliphatic carbocycles. The minimum atomic E-state index is 0.133. The molecule has 0 amide bonds. The topological polar surface area (TPSA) is 28.2 Å². The molecular formula is C16H26ClN3. The molecule has 0 radical (unpaired) electrons. The van der Waals surface area contributed by atoms with Crippen molar-refractivity contribution in [2.45, 2.75) is 52.7 Å². The van der Waals surface area contributed by atoms with E-state index in [9.17, 15) is 0 Å². The summed E-state index contributed by atoms with van der Waals surface area (Å²) in [6.07, 6.45) is 3.55. The Hall–Kier alpha value is -0.640. The second kappa shape index (κ2) is 5.63. The number of hydrogen-bond donors (Lipinski definition) is 1. The van der Waals surface area contributed by atoms with Gasteiger partial charge in [-0.25, -0.2) is 0 Å². The third-order valence-corrected chi connectivity index (χ3v) is 4.64. The zero-order valence-corrected chi connectivity index (χ0v) is 14.0. The summed E-state index contributed by atoms with van der Waals surface area (Å²) in [7, 11) is 0. The lowest BCUT2D eigenvalue weighted by Crippen LogP contribution is -2.64. The fourth-order valence-corrected chi connectivity index (χ4v) is 2.79. The van der Waals surface area contributed by atoms with Gasteiger partial charge in [0.25, 0.3) is 0 Å². The van der Waals surface area contributed by atoms with Gasteiger partial charge >= 0.3 is 0 Å². The van der Waals surface area contributed by atoms with Crippen LogP contribution in [0.2, 0.25) is 5.02 Å². The fourth-order valence-electron chi connectivity index (χ4n) is 2.61. The van der Waals surface area contributed by atoms with Gasteiger partial charge in [-0.05, 0) is 30.9 Å². The Morgan fingerprint density at radius 3 is 2.75 bits per heavy atom. The molecule has 0 bridgehead atoms. The van der Waals surface area contributed by atoms with E-state index in [0.717, 1.165) is 30.2 Å². The summed E-state index contributed by atoms with van der Waals surface area (Å²) in [4.78, 5) is 6.59.